The number of aliphatic hydroxyl groups excluding tert-OH is 1. The highest BCUT2D eigenvalue weighted by atomic mass is 19.1. The smallest absolute Gasteiger partial charge is 0.134 e. The third-order valence-corrected chi connectivity index (χ3v) is 2.59. The molecule has 1 unspecified atom stereocenters. The van der Waals surface area contributed by atoms with E-state index in [4.69, 9.17) is 4.42 Å². The molecule has 0 spiro atoms. The minimum atomic E-state index is -0.692. The third kappa shape index (κ3) is 1.95. The van der Waals surface area contributed by atoms with Crippen LogP contribution in [0.15, 0.2) is 28.7 Å². The summed E-state index contributed by atoms with van der Waals surface area (Å²) < 4.78 is 18.5. The fourth-order valence-corrected chi connectivity index (χ4v) is 1.60. The summed E-state index contributed by atoms with van der Waals surface area (Å²) in [7, 11) is 0. The van der Waals surface area contributed by atoms with E-state index in [1.807, 2.05) is 20.8 Å². The van der Waals surface area contributed by atoms with Gasteiger partial charge < -0.3 is 9.52 Å². The number of benzene rings is 1. The maximum Gasteiger partial charge on any atom is 0.134 e. The van der Waals surface area contributed by atoms with Crippen molar-refractivity contribution < 1.29 is 13.9 Å². The maximum atomic E-state index is 13.0. The fourth-order valence-electron chi connectivity index (χ4n) is 1.60. The Morgan fingerprint density at radius 2 is 1.94 bits per heavy atom. The lowest BCUT2D eigenvalue weighted by Crippen LogP contribution is -2.16. The van der Waals surface area contributed by atoms with Crippen LogP contribution in [0.3, 0.4) is 0 Å². The van der Waals surface area contributed by atoms with Gasteiger partial charge in [-0.2, -0.15) is 0 Å². The molecule has 1 N–H and O–H groups in total. The summed E-state index contributed by atoms with van der Waals surface area (Å²) in [6.07, 6.45) is -0.692. The van der Waals surface area contributed by atoms with E-state index in [-0.39, 0.29) is 11.2 Å². The molecule has 0 radical (unpaired) electrons. The van der Waals surface area contributed by atoms with Gasteiger partial charge in [0, 0.05) is 5.39 Å². The molecule has 2 aromatic rings. The average molecular weight is 222 g/mol. The van der Waals surface area contributed by atoms with E-state index in [9.17, 15) is 9.50 Å². The largest absolute Gasteiger partial charge is 0.458 e. The molecule has 1 heterocycles. The van der Waals surface area contributed by atoms with E-state index in [0.29, 0.717) is 16.7 Å². The Labute approximate surface area is 93.7 Å². The zero-order chi connectivity index (χ0) is 11.9. The lowest BCUT2D eigenvalue weighted by molar-refractivity contribution is 0.0448. The molecule has 16 heavy (non-hydrogen) atoms. The van der Waals surface area contributed by atoms with Crippen molar-refractivity contribution in [2.24, 2.45) is 5.41 Å². The molecule has 3 heteroatoms. The highest BCUT2D eigenvalue weighted by Crippen LogP contribution is 2.35. The van der Waals surface area contributed by atoms with Crippen LogP contribution in [-0.4, -0.2) is 5.11 Å². The van der Waals surface area contributed by atoms with Gasteiger partial charge in [0.05, 0.1) is 0 Å². The van der Waals surface area contributed by atoms with E-state index in [1.165, 1.54) is 12.1 Å². The minimum Gasteiger partial charge on any atom is -0.458 e. The van der Waals surface area contributed by atoms with Crippen LogP contribution in [0.5, 0.6) is 0 Å². The molecule has 1 aromatic carbocycles. The molecule has 2 nitrogen and oxygen atoms in total. The van der Waals surface area contributed by atoms with Crippen LogP contribution in [0.2, 0.25) is 0 Å². The quantitative estimate of drug-likeness (QED) is 0.798. The number of hydrogen-bond donors (Lipinski definition) is 1. The summed E-state index contributed by atoms with van der Waals surface area (Å²) in [6.45, 7) is 5.77. The van der Waals surface area contributed by atoms with Gasteiger partial charge in [-0.3, -0.25) is 0 Å². The van der Waals surface area contributed by atoms with Crippen LogP contribution in [0.4, 0.5) is 4.39 Å². The molecule has 0 aliphatic carbocycles. The molecule has 1 atom stereocenters. The van der Waals surface area contributed by atoms with E-state index in [0.717, 1.165) is 0 Å². The Morgan fingerprint density at radius 3 is 2.56 bits per heavy atom. The molecule has 2 rings (SSSR count). The summed E-state index contributed by atoms with van der Waals surface area (Å²) in [5.41, 5.74) is 0.298. The van der Waals surface area contributed by atoms with E-state index in [2.05, 4.69) is 0 Å². The van der Waals surface area contributed by atoms with Crippen molar-refractivity contribution in [3.63, 3.8) is 0 Å². The molecule has 0 bridgehead atoms. The molecule has 0 saturated carbocycles. The van der Waals surface area contributed by atoms with Crippen LogP contribution in [0.25, 0.3) is 11.0 Å². The lowest BCUT2D eigenvalue weighted by atomic mass is 9.88. The highest BCUT2D eigenvalue weighted by Gasteiger charge is 2.26. The van der Waals surface area contributed by atoms with Crippen LogP contribution in [0, 0.1) is 11.2 Å². The topological polar surface area (TPSA) is 33.4 Å². The summed E-state index contributed by atoms with van der Waals surface area (Å²) in [4.78, 5) is 0. The Morgan fingerprint density at radius 1 is 1.25 bits per heavy atom. The lowest BCUT2D eigenvalue weighted by Gasteiger charge is -2.23. The van der Waals surface area contributed by atoms with Crippen molar-refractivity contribution in [3.8, 4) is 0 Å². The van der Waals surface area contributed by atoms with Gasteiger partial charge in [-0.15, -0.1) is 0 Å². The fraction of sp³-hybridized carbons (Fsp3) is 0.385. The monoisotopic (exact) mass is 222 g/mol. The van der Waals surface area contributed by atoms with E-state index < -0.39 is 6.10 Å². The first-order chi connectivity index (χ1) is 7.38. The van der Waals surface area contributed by atoms with Gasteiger partial charge in [0.15, 0.2) is 0 Å². The second-order valence-electron chi connectivity index (χ2n) is 5.10. The van der Waals surface area contributed by atoms with Gasteiger partial charge in [0.1, 0.15) is 23.3 Å². The second-order valence-corrected chi connectivity index (χ2v) is 5.10. The van der Waals surface area contributed by atoms with Crippen LogP contribution >= 0.6 is 0 Å². The molecular weight excluding hydrogens is 207 g/mol. The van der Waals surface area contributed by atoms with Crippen molar-refractivity contribution in [2.75, 3.05) is 0 Å². The molecule has 0 saturated heterocycles. The summed E-state index contributed by atoms with van der Waals surface area (Å²) >= 11 is 0. The number of hydrogen-bond acceptors (Lipinski definition) is 2. The van der Waals surface area contributed by atoms with Crippen molar-refractivity contribution in [3.05, 3.63) is 35.8 Å². The molecular formula is C13H15FO2. The van der Waals surface area contributed by atoms with Crippen molar-refractivity contribution >= 4 is 11.0 Å². The summed E-state index contributed by atoms with van der Waals surface area (Å²) in [5.74, 6) is 0.179. The molecule has 86 valence electrons. The van der Waals surface area contributed by atoms with Gasteiger partial charge in [-0.05, 0) is 29.7 Å². The zero-order valence-electron chi connectivity index (χ0n) is 9.62. The molecule has 0 amide bonds. The number of halogens is 1. The number of rotatable bonds is 1. The minimum absolute atomic E-state index is 0.299. The van der Waals surface area contributed by atoms with Gasteiger partial charge in [0.25, 0.3) is 0 Å². The van der Waals surface area contributed by atoms with E-state index in [1.54, 1.807) is 12.1 Å². The van der Waals surface area contributed by atoms with Gasteiger partial charge in [0.2, 0.25) is 0 Å². The summed E-state index contributed by atoms with van der Waals surface area (Å²) in [6, 6.07) is 6.01. The van der Waals surface area contributed by atoms with E-state index >= 15 is 0 Å². The number of aliphatic hydroxyl groups is 1. The molecule has 0 fully saturated rings. The highest BCUT2D eigenvalue weighted by molar-refractivity contribution is 5.77. The van der Waals surface area contributed by atoms with Crippen molar-refractivity contribution in [2.45, 2.75) is 26.9 Å². The second kappa shape index (κ2) is 3.59. The third-order valence-electron chi connectivity index (χ3n) is 2.59. The predicted molar refractivity (Wildman–Crippen MR) is 60.6 cm³/mol. The average Bonchev–Trinajstić information content (AvgIpc) is 2.57. The summed E-state index contributed by atoms with van der Waals surface area (Å²) in [5, 5.41) is 10.7. The SMILES string of the molecule is CC(C)(C)C(O)c1cc2cc(F)ccc2o1. The molecule has 0 aliphatic heterocycles. The standard InChI is InChI=1S/C13H15FO2/c1-13(2,3)12(15)11-7-8-6-9(14)4-5-10(8)16-11/h4-7,12,15H,1-3H3. The Balaban J connectivity index is 2.47. The number of furan rings is 1. The van der Waals surface area contributed by atoms with Crippen molar-refractivity contribution in [1.82, 2.24) is 0 Å². The molecule has 1 aromatic heterocycles. The van der Waals surface area contributed by atoms with Gasteiger partial charge >= 0.3 is 0 Å². The first-order valence-corrected chi connectivity index (χ1v) is 5.25. The normalized spacial score (nSPS) is 14.3. The van der Waals surface area contributed by atoms with Gasteiger partial charge in [-0.25, -0.2) is 4.39 Å². The first kappa shape index (κ1) is 11.1. The Bertz CT molecular complexity index is 508. The van der Waals surface area contributed by atoms with Crippen LogP contribution in [0.1, 0.15) is 32.6 Å². The first-order valence-electron chi connectivity index (χ1n) is 5.25. The Hall–Kier alpha value is -1.35. The Kier molecular flexibility index (Phi) is 2.50. The maximum absolute atomic E-state index is 13.0. The number of fused-ring (bicyclic) bond motifs is 1. The van der Waals surface area contributed by atoms with Crippen LogP contribution < -0.4 is 0 Å². The zero-order valence-corrected chi connectivity index (χ0v) is 9.62. The van der Waals surface area contributed by atoms with Gasteiger partial charge in [-0.1, -0.05) is 20.8 Å². The molecule has 0 aliphatic rings. The van der Waals surface area contributed by atoms with Crippen LogP contribution in [-0.2, 0) is 0 Å². The van der Waals surface area contributed by atoms with Crippen molar-refractivity contribution in [1.29, 1.82) is 0 Å². The predicted octanol–water partition coefficient (Wildman–Crippen LogP) is 3.65.